The van der Waals surface area contributed by atoms with Gasteiger partial charge in [-0.2, -0.15) is 0 Å². The number of aliphatic imine (C=N–C) groups is 1. The Morgan fingerprint density at radius 1 is 1.17 bits per heavy atom. The van der Waals surface area contributed by atoms with E-state index >= 15 is 0 Å². The average molecular weight is 450 g/mol. The van der Waals surface area contributed by atoms with E-state index in [9.17, 15) is 9.59 Å². The molecule has 0 saturated carbocycles. The van der Waals surface area contributed by atoms with Crippen molar-refractivity contribution >= 4 is 63.3 Å². The van der Waals surface area contributed by atoms with Gasteiger partial charge in [-0.25, -0.2) is 4.99 Å². The quantitative estimate of drug-likeness (QED) is 0.661. The SMILES string of the molecule is CCN1C(=O)CC(C(=O)Nc2ccc(C)c(Cl)c2)SC1=Nc1ccc(C)c(Cl)c1. The lowest BCUT2D eigenvalue weighted by Gasteiger charge is -2.31. The highest BCUT2D eigenvalue weighted by Gasteiger charge is 2.35. The summed E-state index contributed by atoms with van der Waals surface area (Å²) in [6.07, 6.45) is 0.109. The Bertz CT molecular complexity index is 994. The second-order valence-electron chi connectivity index (χ2n) is 6.73. The second-order valence-corrected chi connectivity index (χ2v) is 8.71. The van der Waals surface area contributed by atoms with Gasteiger partial charge in [0.15, 0.2) is 5.17 Å². The highest BCUT2D eigenvalue weighted by Crippen LogP contribution is 2.31. The van der Waals surface area contributed by atoms with E-state index in [0.29, 0.717) is 33.1 Å². The average Bonchev–Trinajstić information content (AvgIpc) is 2.67. The maximum Gasteiger partial charge on any atom is 0.238 e. The predicted octanol–water partition coefficient (Wildman–Crippen LogP) is 5.59. The minimum Gasteiger partial charge on any atom is -0.325 e. The highest BCUT2D eigenvalue weighted by atomic mass is 35.5. The number of carbonyl (C=O) groups excluding carboxylic acids is 2. The van der Waals surface area contributed by atoms with E-state index in [0.717, 1.165) is 11.1 Å². The third kappa shape index (κ3) is 5.13. The maximum absolute atomic E-state index is 12.8. The zero-order valence-electron chi connectivity index (χ0n) is 16.3. The molecule has 2 aromatic rings. The number of nitrogens with zero attached hydrogens (tertiary/aromatic N) is 2. The van der Waals surface area contributed by atoms with Crippen molar-refractivity contribution in [1.29, 1.82) is 0 Å². The van der Waals surface area contributed by atoms with Gasteiger partial charge in [0.2, 0.25) is 11.8 Å². The molecular formula is C21H21Cl2N3O2S. The molecule has 3 rings (SSSR count). The fraction of sp³-hybridized carbons (Fsp3) is 0.286. The van der Waals surface area contributed by atoms with Crippen LogP contribution in [0.15, 0.2) is 41.4 Å². The number of benzene rings is 2. The Hall–Kier alpha value is -2.02. The van der Waals surface area contributed by atoms with E-state index in [1.165, 1.54) is 11.8 Å². The molecular weight excluding hydrogens is 429 g/mol. The molecule has 0 aromatic heterocycles. The van der Waals surface area contributed by atoms with Gasteiger partial charge in [0.25, 0.3) is 0 Å². The first kappa shape index (κ1) is 21.7. The Labute approximate surface area is 184 Å². The minimum atomic E-state index is -0.579. The van der Waals surface area contributed by atoms with Crippen LogP contribution in [0.3, 0.4) is 0 Å². The minimum absolute atomic E-state index is 0.109. The molecule has 0 spiro atoms. The lowest BCUT2D eigenvalue weighted by atomic mass is 10.2. The Balaban J connectivity index is 1.82. The summed E-state index contributed by atoms with van der Waals surface area (Å²) < 4.78 is 0. The molecule has 2 aromatic carbocycles. The summed E-state index contributed by atoms with van der Waals surface area (Å²) in [6.45, 7) is 6.16. The third-order valence-corrected chi connectivity index (χ3v) is 6.57. The summed E-state index contributed by atoms with van der Waals surface area (Å²) in [5, 5.41) is 3.93. The molecule has 1 atom stereocenters. The molecule has 1 heterocycles. The number of amides is 2. The van der Waals surface area contributed by atoms with Crippen molar-refractivity contribution < 1.29 is 9.59 Å². The Morgan fingerprint density at radius 2 is 1.83 bits per heavy atom. The van der Waals surface area contributed by atoms with Crippen LogP contribution in [0.5, 0.6) is 0 Å². The molecule has 0 aliphatic carbocycles. The van der Waals surface area contributed by atoms with E-state index < -0.39 is 5.25 Å². The predicted molar refractivity (Wildman–Crippen MR) is 121 cm³/mol. The van der Waals surface area contributed by atoms with E-state index in [4.69, 9.17) is 23.2 Å². The molecule has 1 saturated heterocycles. The van der Waals surface area contributed by atoms with Gasteiger partial charge >= 0.3 is 0 Å². The van der Waals surface area contributed by atoms with Crippen LogP contribution in [0.25, 0.3) is 0 Å². The fourth-order valence-corrected chi connectivity index (χ4v) is 4.33. The van der Waals surface area contributed by atoms with E-state index in [-0.39, 0.29) is 18.2 Å². The molecule has 0 bridgehead atoms. The number of rotatable bonds is 4. The van der Waals surface area contributed by atoms with Crippen LogP contribution in [0.2, 0.25) is 10.0 Å². The van der Waals surface area contributed by atoms with Crippen molar-refractivity contribution in [2.24, 2.45) is 4.99 Å². The topological polar surface area (TPSA) is 61.8 Å². The molecule has 0 radical (unpaired) electrons. The van der Waals surface area contributed by atoms with Crippen LogP contribution < -0.4 is 5.32 Å². The number of carbonyl (C=O) groups is 2. The van der Waals surface area contributed by atoms with Crippen molar-refractivity contribution in [2.45, 2.75) is 32.4 Å². The number of hydrogen-bond acceptors (Lipinski definition) is 4. The van der Waals surface area contributed by atoms with Gasteiger partial charge in [0.1, 0.15) is 5.25 Å². The summed E-state index contributed by atoms with van der Waals surface area (Å²) in [5.74, 6) is -0.390. The van der Waals surface area contributed by atoms with Crippen molar-refractivity contribution in [3.05, 3.63) is 57.6 Å². The zero-order chi connectivity index (χ0) is 21.1. The number of halogens is 2. The number of thioether (sulfide) groups is 1. The Kier molecular flexibility index (Phi) is 6.88. The molecule has 1 aliphatic heterocycles. The molecule has 29 heavy (non-hydrogen) atoms. The van der Waals surface area contributed by atoms with Crippen LogP contribution in [-0.4, -0.2) is 33.7 Å². The molecule has 8 heteroatoms. The number of anilines is 1. The van der Waals surface area contributed by atoms with Crippen LogP contribution in [0, 0.1) is 13.8 Å². The molecule has 1 fully saturated rings. The van der Waals surface area contributed by atoms with Crippen molar-refractivity contribution in [3.63, 3.8) is 0 Å². The van der Waals surface area contributed by atoms with E-state index in [1.807, 2.05) is 39.0 Å². The summed E-state index contributed by atoms with van der Waals surface area (Å²) in [4.78, 5) is 31.6. The first-order chi connectivity index (χ1) is 13.8. The number of aryl methyl sites for hydroxylation is 2. The molecule has 2 amide bonds. The summed E-state index contributed by atoms with van der Waals surface area (Å²) in [6, 6.07) is 10.8. The summed E-state index contributed by atoms with van der Waals surface area (Å²) >= 11 is 13.6. The van der Waals surface area contributed by atoms with Gasteiger partial charge in [-0.05, 0) is 56.2 Å². The van der Waals surface area contributed by atoms with Crippen molar-refractivity contribution in [3.8, 4) is 0 Å². The molecule has 1 N–H and O–H groups in total. The summed E-state index contributed by atoms with van der Waals surface area (Å²) in [7, 11) is 0. The smallest absolute Gasteiger partial charge is 0.238 e. The largest absolute Gasteiger partial charge is 0.325 e. The first-order valence-electron chi connectivity index (χ1n) is 9.17. The lowest BCUT2D eigenvalue weighted by molar-refractivity contribution is -0.129. The van der Waals surface area contributed by atoms with Gasteiger partial charge in [-0.1, -0.05) is 47.1 Å². The monoisotopic (exact) mass is 449 g/mol. The number of amidine groups is 1. The molecule has 1 aliphatic rings. The van der Waals surface area contributed by atoms with Crippen molar-refractivity contribution in [2.75, 3.05) is 11.9 Å². The first-order valence-corrected chi connectivity index (χ1v) is 10.8. The van der Waals surface area contributed by atoms with Crippen LogP contribution in [0.1, 0.15) is 24.5 Å². The standard InChI is InChI=1S/C21H21Cl2N3O2S/c1-4-26-19(27)11-18(20(28)24-14-7-5-12(2)16(22)9-14)29-21(26)25-15-8-6-13(3)17(23)10-15/h5-10,18H,4,11H2,1-3H3,(H,24,28). The van der Waals surface area contributed by atoms with Gasteiger partial charge in [0, 0.05) is 28.7 Å². The maximum atomic E-state index is 12.8. The second kappa shape index (κ2) is 9.20. The number of nitrogens with one attached hydrogen (secondary N) is 1. The highest BCUT2D eigenvalue weighted by molar-refractivity contribution is 8.15. The van der Waals surface area contributed by atoms with Gasteiger partial charge < -0.3 is 5.32 Å². The van der Waals surface area contributed by atoms with E-state index in [2.05, 4.69) is 10.3 Å². The van der Waals surface area contributed by atoms with E-state index in [1.54, 1.807) is 23.1 Å². The zero-order valence-corrected chi connectivity index (χ0v) is 18.7. The molecule has 152 valence electrons. The summed E-state index contributed by atoms with van der Waals surface area (Å²) in [5.41, 5.74) is 3.11. The molecule has 5 nitrogen and oxygen atoms in total. The van der Waals surface area contributed by atoms with Gasteiger partial charge in [0.05, 0.1) is 5.69 Å². The lowest BCUT2D eigenvalue weighted by Crippen LogP contribution is -2.45. The van der Waals surface area contributed by atoms with Crippen LogP contribution >= 0.6 is 35.0 Å². The number of hydrogen-bond donors (Lipinski definition) is 1. The van der Waals surface area contributed by atoms with Gasteiger partial charge in [-0.3, -0.25) is 14.5 Å². The third-order valence-electron chi connectivity index (χ3n) is 4.57. The molecule has 1 unspecified atom stereocenters. The van der Waals surface area contributed by atoms with Crippen LogP contribution in [0.4, 0.5) is 11.4 Å². The van der Waals surface area contributed by atoms with Gasteiger partial charge in [-0.15, -0.1) is 0 Å². The fourth-order valence-electron chi connectivity index (χ4n) is 2.81. The normalized spacial score (nSPS) is 18.2. The Morgan fingerprint density at radius 3 is 2.45 bits per heavy atom. The van der Waals surface area contributed by atoms with Crippen molar-refractivity contribution in [1.82, 2.24) is 4.90 Å². The van der Waals surface area contributed by atoms with Crippen LogP contribution in [-0.2, 0) is 9.59 Å².